The highest BCUT2D eigenvalue weighted by Gasteiger charge is 2.14. The molecule has 0 aliphatic heterocycles. The first-order valence-corrected chi connectivity index (χ1v) is 7.98. The molecule has 0 fully saturated rings. The normalized spacial score (nSPS) is 10.7. The van der Waals surface area contributed by atoms with Gasteiger partial charge in [-0.3, -0.25) is 4.79 Å². The number of amides is 1. The number of hydrogen-bond acceptors (Lipinski definition) is 6. The van der Waals surface area contributed by atoms with Gasteiger partial charge in [0.15, 0.2) is 5.82 Å². The Labute approximate surface area is 137 Å². The minimum absolute atomic E-state index is 0.0519. The summed E-state index contributed by atoms with van der Waals surface area (Å²) in [6.07, 6.45) is 0. The first-order valence-electron chi connectivity index (χ1n) is 7.10. The molecule has 2 heterocycles. The summed E-state index contributed by atoms with van der Waals surface area (Å²) in [5, 5.41) is 6.73. The monoisotopic (exact) mass is 328 g/mol. The van der Waals surface area contributed by atoms with Gasteiger partial charge in [0.05, 0.1) is 17.2 Å². The zero-order valence-corrected chi connectivity index (χ0v) is 13.9. The Balaban J connectivity index is 1.72. The maximum Gasteiger partial charge on any atom is 0.257 e. The van der Waals surface area contributed by atoms with Crippen molar-refractivity contribution in [1.29, 1.82) is 0 Å². The fraction of sp³-hybridized carbons (Fsp3) is 0.250. The molecule has 0 saturated heterocycles. The number of aryl methyl sites for hydroxylation is 2. The second kappa shape index (κ2) is 6.29. The standard InChI is InChI=1S/C16H16N4O2S/c1-10-17-15(22-19-10)12-4-6-13(7-5-12)16(21)20(3)8-14-9-23-11(2)18-14/h4-7,9H,8H2,1-3H3. The Morgan fingerprint density at radius 3 is 2.52 bits per heavy atom. The van der Waals surface area contributed by atoms with Gasteiger partial charge in [0, 0.05) is 23.6 Å². The third-order valence-electron chi connectivity index (χ3n) is 3.32. The van der Waals surface area contributed by atoms with E-state index in [-0.39, 0.29) is 5.91 Å². The van der Waals surface area contributed by atoms with Crippen LogP contribution in [0.4, 0.5) is 0 Å². The maximum absolute atomic E-state index is 12.5. The number of aromatic nitrogens is 3. The van der Waals surface area contributed by atoms with Crippen molar-refractivity contribution in [3.8, 4) is 11.5 Å². The lowest BCUT2D eigenvalue weighted by Gasteiger charge is -2.16. The molecule has 0 N–H and O–H groups in total. The molecule has 0 aliphatic carbocycles. The molecule has 1 aromatic carbocycles. The summed E-state index contributed by atoms with van der Waals surface area (Å²) < 4.78 is 5.12. The molecule has 0 unspecified atom stereocenters. The number of thiazole rings is 1. The second-order valence-corrected chi connectivity index (χ2v) is 6.31. The van der Waals surface area contributed by atoms with Crippen LogP contribution in [0.2, 0.25) is 0 Å². The molecule has 118 valence electrons. The van der Waals surface area contributed by atoms with E-state index >= 15 is 0 Å². The van der Waals surface area contributed by atoms with Gasteiger partial charge < -0.3 is 9.42 Å². The summed E-state index contributed by atoms with van der Waals surface area (Å²) in [5.41, 5.74) is 2.31. The Kier molecular flexibility index (Phi) is 4.20. The summed E-state index contributed by atoms with van der Waals surface area (Å²) >= 11 is 1.58. The Bertz CT molecular complexity index is 823. The fourth-order valence-electron chi connectivity index (χ4n) is 2.19. The van der Waals surface area contributed by atoms with Crippen LogP contribution in [0.5, 0.6) is 0 Å². The minimum Gasteiger partial charge on any atom is -0.336 e. The molecule has 0 saturated carbocycles. The van der Waals surface area contributed by atoms with E-state index < -0.39 is 0 Å². The molecule has 0 bridgehead atoms. The van der Waals surface area contributed by atoms with Gasteiger partial charge in [0.2, 0.25) is 0 Å². The number of carbonyl (C=O) groups excluding carboxylic acids is 1. The van der Waals surface area contributed by atoms with E-state index in [1.807, 2.05) is 12.3 Å². The summed E-state index contributed by atoms with van der Waals surface area (Å²) in [6.45, 7) is 4.21. The van der Waals surface area contributed by atoms with E-state index in [0.717, 1.165) is 16.3 Å². The van der Waals surface area contributed by atoms with Crippen molar-refractivity contribution >= 4 is 17.2 Å². The molecule has 7 heteroatoms. The van der Waals surface area contributed by atoms with Crippen LogP contribution in [0.25, 0.3) is 11.5 Å². The van der Waals surface area contributed by atoms with Crippen LogP contribution in [0.1, 0.15) is 26.9 Å². The van der Waals surface area contributed by atoms with Crippen LogP contribution in [-0.4, -0.2) is 33.0 Å². The molecule has 0 aliphatic rings. The van der Waals surface area contributed by atoms with Gasteiger partial charge in [-0.15, -0.1) is 11.3 Å². The van der Waals surface area contributed by atoms with Crippen molar-refractivity contribution in [3.63, 3.8) is 0 Å². The first kappa shape index (κ1) is 15.4. The molecule has 3 rings (SSSR count). The molecule has 0 atom stereocenters. The van der Waals surface area contributed by atoms with Crippen LogP contribution in [0, 0.1) is 13.8 Å². The summed E-state index contributed by atoms with van der Waals surface area (Å²) in [4.78, 5) is 22.7. The summed E-state index contributed by atoms with van der Waals surface area (Å²) in [7, 11) is 1.77. The van der Waals surface area contributed by atoms with Crippen LogP contribution in [0.3, 0.4) is 0 Å². The van der Waals surface area contributed by atoms with Crippen LogP contribution in [-0.2, 0) is 6.54 Å². The van der Waals surface area contributed by atoms with Crippen molar-refractivity contribution in [3.05, 3.63) is 51.7 Å². The number of benzene rings is 1. The Morgan fingerprint density at radius 1 is 1.22 bits per heavy atom. The lowest BCUT2D eigenvalue weighted by Crippen LogP contribution is -2.26. The SMILES string of the molecule is Cc1noc(-c2ccc(C(=O)N(C)Cc3csc(C)n3)cc2)n1. The minimum atomic E-state index is -0.0519. The van der Waals surface area contributed by atoms with E-state index in [1.165, 1.54) is 0 Å². The number of carbonyl (C=O) groups is 1. The third kappa shape index (κ3) is 3.45. The van der Waals surface area contributed by atoms with Crippen molar-refractivity contribution in [2.75, 3.05) is 7.05 Å². The fourth-order valence-corrected chi connectivity index (χ4v) is 2.79. The third-order valence-corrected chi connectivity index (χ3v) is 4.14. The van der Waals surface area contributed by atoms with E-state index in [9.17, 15) is 4.79 Å². The van der Waals surface area contributed by atoms with Gasteiger partial charge in [0.1, 0.15) is 0 Å². The van der Waals surface area contributed by atoms with Gasteiger partial charge in [-0.2, -0.15) is 4.98 Å². The molecular weight excluding hydrogens is 312 g/mol. The highest BCUT2D eigenvalue weighted by molar-refractivity contribution is 7.09. The Morgan fingerprint density at radius 2 is 1.96 bits per heavy atom. The molecule has 2 aromatic heterocycles. The van der Waals surface area contributed by atoms with Crippen molar-refractivity contribution < 1.29 is 9.32 Å². The predicted octanol–water partition coefficient (Wildman–Crippen LogP) is 3.08. The van der Waals surface area contributed by atoms with Crippen molar-refractivity contribution in [1.82, 2.24) is 20.0 Å². The van der Waals surface area contributed by atoms with Gasteiger partial charge in [-0.25, -0.2) is 4.98 Å². The number of nitrogens with zero attached hydrogens (tertiary/aromatic N) is 4. The highest BCUT2D eigenvalue weighted by Crippen LogP contribution is 2.18. The first-order chi connectivity index (χ1) is 11.0. The van der Waals surface area contributed by atoms with Crippen molar-refractivity contribution in [2.24, 2.45) is 0 Å². The second-order valence-electron chi connectivity index (χ2n) is 5.24. The van der Waals surface area contributed by atoms with E-state index in [1.54, 1.807) is 54.5 Å². The van der Waals surface area contributed by atoms with Crippen LogP contribution in [0.15, 0.2) is 34.2 Å². The molecule has 3 aromatic rings. The van der Waals surface area contributed by atoms with Gasteiger partial charge in [0.25, 0.3) is 11.8 Å². The summed E-state index contributed by atoms with van der Waals surface area (Å²) in [6, 6.07) is 7.14. The zero-order chi connectivity index (χ0) is 16.4. The smallest absolute Gasteiger partial charge is 0.257 e. The highest BCUT2D eigenvalue weighted by atomic mass is 32.1. The quantitative estimate of drug-likeness (QED) is 0.736. The lowest BCUT2D eigenvalue weighted by molar-refractivity contribution is 0.0783. The average molecular weight is 328 g/mol. The number of rotatable bonds is 4. The van der Waals surface area contributed by atoms with Gasteiger partial charge in [-0.05, 0) is 38.1 Å². The largest absolute Gasteiger partial charge is 0.336 e. The zero-order valence-electron chi connectivity index (χ0n) is 13.1. The summed E-state index contributed by atoms with van der Waals surface area (Å²) in [5.74, 6) is 0.982. The Hall–Kier alpha value is -2.54. The number of hydrogen-bond donors (Lipinski definition) is 0. The van der Waals surface area contributed by atoms with E-state index in [0.29, 0.717) is 23.8 Å². The molecule has 0 spiro atoms. The molecule has 6 nitrogen and oxygen atoms in total. The molecule has 1 amide bonds. The predicted molar refractivity (Wildman–Crippen MR) is 87.1 cm³/mol. The maximum atomic E-state index is 12.5. The van der Waals surface area contributed by atoms with E-state index in [4.69, 9.17) is 4.52 Å². The molecule has 23 heavy (non-hydrogen) atoms. The van der Waals surface area contributed by atoms with Crippen LogP contribution >= 0.6 is 11.3 Å². The van der Waals surface area contributed by atoms with Gasteiger partial charge >= 0.3 is 0 Å². The lowest BCUT2D eigenvalue weighted by atomic mass is 10.1. The average Bonchev–Trinajstić information content (AvgIpc) is 3.15. The topological polar surface area (TPSA) is 72.1 Å². The van der Waals surface area contributed by atoms with Gasteiger partial charge in [-0.1, -0.05) is 5.16 Å². The molecular formula is C16H16N4O2S. The van der Waals surface area contributed by atoms with Crippen LogP contribution < -0.4 is 0 Å². The molecule has 0 radical (unpaired) electrons. The van der Waals surface area contributed by atoms with Crippen molar-refractivity contribution in [2.45, 2.75) is 20.4 Å². The van der Waals surface area contributed by atoms with E-state index in [2.05, 4.69) is 15.1 Å².